The average Bonchev–Trinajstić information content (AvgIpc) is 3.48. The van der Waals surface area contributed by atoms with Gasteiger partial charge in [0, 0.05) is 42.9 Å². The normalized spacial score (nSPS) is 17.5. The summed E-state index contributed by atoms with van der Waals surface area (Å²) in [6, 6.07) is 11.7. The minimum Gasteiger partial charge on any atom is -0.480 e. The van der Waals surface area contributed by atoms with Crippen LogP contribution in [0.1, 0.15) is 24.0 Å². The predicted molar refractivity (Wildman–Crippen MR) is 163 cm³/mol. The second kappa shape index (κ2) is 15.2. The van der Waals surface area contributed by atoms with E-state index in [2.05, 4.69) is 10.6 Å². The van der Waals surface area contributed by atoms with Crippen molar-refractivity contribution in [1.82, 2.24) is 15.5 Å². The second-order valence-electron chi connectivity index (χ2n) is 9.88. The number of carboxylic acid groups (broad SMARTS) is 1. The topological polar surface area (TPSA) is 134 Å². The number of carbonyl (C=O) groups is 4. The molecule has 0 spiro atoms. The molecule has 0 bridgehead atoms. The largest absolute Gasteiger partial charge is 0.480 e. The van der Waals surface area contributed by atoms with Gasteiger partial charge in [-0.3, -0.25) is 14.4 Å². The summed E-state index contributed by atoms with van der Waals surface area (Å²) in [7, 11) is 0. The smallest absolute Gasteiger partial charge is 0.328 e. The number of rotatable bonds is 11. The van der Waals surface area contributed by atoms with Gasteiger partial charge < -0.3 is 30.1 Å². The minimum atomic E-state index is -1.35. The van der Waals surface area contributed by atoms with Gasteiger partial charge in [0.1, 0.15) is 12.3 Å². The molecule has 2 aliphatic rings. The second-order valence-corrected chi connectivity index (χ2v) is 11.5. The molecule has 1 fully saturated rings. The Bertz CT molecular complexity index is 1410. The van der Waals surface area contributed by atoms with Crippen molar-refractivity contribution in [3.8, 4) is 0 Å². The van der Waals surface area contributed by atoms with Gasteiger partial charge in [-0.1, -0.05) is 59.6 Å². The summed E-state index contributed by atoms with van der Waals surface area (Å²) >= 11 is 14.1. The summed E-state index contributed by atoms with van der Waals surface area (Å²) in [5, 5.41) is 15.4. The van der Waals surface area contributed by atoms with E-state index in [4.69, 9.17) is 32.7 Å². The number of nitrogens with zero attached hydrogens (tertiary/aromatic N) is 1. The fraction of sp³-hybridized carbons (Fsp3) is 0.333. The number of hydrogen-bond acceptors (Lipinski definition) is 7. The highest BCUT2D eigenvalue weighted by atomic mass is 35.5. The summed E-state index contributed by atoms with van der Waals surface area (Å²) in [4.78, 5) is 52.3. The molecular weight excluding hydrogens is 617 g/mol. The Labute approximate surface area is 263 Å². The number of nitrogens with one attached hydrogen (secondary N) is 2. The van der Waals surface area contributed by atoms with Crippen molar-refractivity contribution in [2.45, 2.75) is 36.5 Å². The third-order valence-corrected chi connectivity index (χ3v) is 8.80. The maximum atomic E-state index is 12.8. The average molecular weight is 649 g/mol. The van der Waals surface area contributed by atoms with Crippen molar-refractivity contribution in [3.05, 3.63) is 81.7 Å². The molecule has 4 rings (SSSR count). The van der Waals surface area contributed by atoms with Crippen molar-refractivity contribution in [1.29, 1.82) is 0 Å². The maximum Gasteiger partial charge on any atom is 0.328 e. The number of halogens is 2. The van der Waals surface area contributed by atoms with Crippen LogP contribution in [0.15, 0.2) is 65.5 Å². The Morgan fingerprint density at radius 1 is 1.09 bits per heavy atom. The van der Waals surface area contributed by atoms with Gasteiger partial charge in [-0.05, 0) is 42.4 Å². The first-order chi connectivity index (χ1) is 20.7. The molecular formula is C30H31Cl2N3O7S. The van der Waals surface area contributed by atoms with Crippen molar-refractivity contribution >= 4 is 64.7 Å². The lowest BCUT2D eigenvalue weighted by atomic mass is 9.95. The lowest BCUT2D eigenvalue weighted by Crippen LogP contribution is -2.51. The molecule has 3 N–H and O–H groups in total. The molecule has 2 aromatic rings. The van der Waals surface area contributed by atoms with Gasteiger partial charge in [-0.25, -0.2) is 4.79 Å². The Balaban J connectivity index is 1.21. The first kappa shape index (κ1) is 32.2. The van der Waals surface area contributed by atoms with E-state index in [0.29, 0.717) is 48.0 Å². The minimum absolute atomic E-state index is 0.0789. The molecule has 228 valence electrons. The van der Waals surface area contributed by atoms with E-state index >= 15 is 0 Å². The fourth-order valence-corrected chi connectivity index (χ4v) is 5.74. The Hall–Kier alpha value is -3.67. The van der Waals surface area contributed by atoms with E-state index in [1.807, 2.05) is 42.7 Å². The quantitative estimate of drug-likeness (QED) is 0.245. The molecule has 1 saturated heterocycles. The van der Waals surface area contributed by atoms with Crippen LogP contribution in [0.4, 0.5) is 0 Å². The van der Waals surface area contributed by atoms with E-state index in [-0.39, 0.29) is 18.2 Å². The van der Waals surface area contributed by atoms with Crippen molar-refractivity contribution in [2.75, 3.05) is 25.9 Å². The summed E-state index contributed by atoms with van der Waals surface area (Å²) in [5.41, 5.74) is 1.59. The molecule has 13 heteroatoms. The first-order valence-corrected chi connectivity index (χ1v) is 15.5. The lowest BCUT2D eigenvalue weighted by molar-refractivity contribution is -0.143. The number of hydrogen-bond donors (Lipinski definition) is 3. The third kappa shape index (κ3) is 8.68. The predicted octanol–water partition coefficient (Wildman–Crippen LogP) is 4.11. The maximum absolute atomic E-state index is 12.8. The van der Waals surface area contributed by atoms with E-state index in [1.165, 1.54) is 24.1 Å². The van der Waals surface area contributed by atoms with E-state index in [9.17, 15) is 24.3 Å². The molecule has 2 atom stereocenters. The monoisotopic (exact) mass is 647 g/mol. The molecule has 1 unspecified atom stereocenters. The highest BCUT2D eigenvalue weighted by Gasteiger charge is 2.31. The van der Waals surface area contributed by atoms with Crippen LogP contribution in [0.25, 0.3) is 6.08 Å². The van der Waals surface area contributed by atoms with Gasteiger partial charge in [0.2, 0.25) is 23.9 Å². The summed E-state index contributed by atoms with van der Waals surface area (Å²) in [6.07, 6.45) is 6.58. The zero-order valence-corrected chi connectivity index (χ0v) is 25.6. The standard InChI is InChI=1S/C30H31Cl2N3O7S/c1-43-23-9-7-19(26(31)27(23)32)8-10-24(36)35-13-11-20(12-14-35)28(37)34-21(30(39)40)16-33-29(38)22-17-41-25(42-22)15-18-5-3-2-4-6-18/h2-10,17,20-21,25H,11-16H2,1H3,(H,33,38)(H,34,37)(H,39,40)/t21-,25?/m0/s1. The van der Waals surface area contributed by atoms with E-state index < -0.39 is 36.0 Å². The van der Waals surface area contributed by atoms with Crippen molar-refractivity contribution in [2.24, 2.45) is 5.92 Å². The van der Waals surface area contributed by atoms with Crippen LogP contribution in [0.5, 0.6) is 0 Å². The number of thioether (sulfide) groups is 1. The molecule has 0 radical (unpaired) electrons. The van der Waals surface area contributed by atoms with Crippen LogP contribution in [0.3, 0.4) is 0 Å². The molecule has 0 aliphatic carbocycles. The van der Waals surface area contributed by atoms with E-state index in [0.717, 1.165) is 10.5 Å². The number of carboxylic acids is 1. The van der Waals surface area contributed by atoms with Crippen LogP contribution in [-0.4, -0.2) is 71.9 Å². The Morgan fingerprint density at radius 2 is 1.81 bits per heavy atom. The number of likely N-dealkylation sites (tertiary alicyclic amines) is 1. The lowest BCUT2D eigenvalue weighted by Gasteiger charge is -2.31. The Morgan fingerprint density at radius 3 is 2.49 bits per heavy atom. The molecule has 0 aromatic heterocycles. The summed E-state index contributed by atoms with van der Waals surface area (Å²) in [5.74, 6) is -3.20. The number of ether oxygens (including phenoxy) is 2. The van der Waals surface area contributed by atoms with Crippen LogP contribution in [-0.2, 0) is 35.1 Å². The third-order valence-electron chi connectivity index (χ3n) is 7.02. The fourth-order valence-electron chi connectivity index (χ4n) is 4.57. The van der Waals surface area contributed by atoms with Gasteiger partial charge >= 0.3 is 5.97 Å². The molecule has 3 amide bonds. The number of aliphatic carboxylic acids is 1. The van der Waals surface area contributed by atoms with Crippen LogP contribution >= 0.6 is 35.0 Å². The molecule has 2 aromatic carbocycles. The van der Waals surface area contributed by atoms with Crippen molar-refractivity contribution < 1.29 is 33.8 Å². The Kier molecular flexibility index (Phi) is 11.4. The molecule has 0 saturated carbocycles. The van der Waals surface area contributed by atoms with Crippen LogP contribution in [0, 0.1) is 5.92 Å². The zero-order valence-electron chi connectivity index (χ0n) is 23.3. The van der Waals surface area contributed by atoms with Gasteiger partial charge in [0.15, 0.2) is 0 Å². The highest BCUT2D eigenvalue weighted by molar-refractivity contribution is 7.98. The van der Waals surface area contributed by atoms with Gasteiger partial charge in [-0.2, -0.15) is 0 Å². The number of amides is 3. The SMILES string of the molecule is CSc1ccc(C=CC(=O)N2CCC(C(=O)N[C@@H](CNC(=O)C3=COC(Cc4ccccc4)O3)C(=O)O)CC2)c(Cl)c1Cl. The number of benzene rings is 2. The van der Waals surface area contributed by atoms with Crippen LogP contribution < -0.4 is 10.6 Å². The van der Waals surface area contributed by atoms with Gasteiger partial charge in [-0.15, -0.1) is 11.8 Å². The number of piperidine rings is 1. The van der Waals surface area contributed by atoms with Gasteiger partial charge in [0.05, 0.1) is 10.0 Å². The first-order valence-electron chi connectivity index (χ1n) is 13.5. The number of carbonyl (C=O) groups excluding carboxylic acids is 3. The molecule has 43 heavy (non-hydrogen) atoms. The van der Waals surface area contributed by atoms with Crippen molar-refractivity contribution in [3.63, 3.8) is 0 Å². The van der Waals surface area contributed by atoms with Crippen LogP contribution in [0.2, 0.25) is 10.0 Å². The molecule has 10 nitrogen and oxygen atoms in total. The molecule has 2 aliphatic heterocycles. The molecule has 2 heterocycles. The summed E-state index contributed by atoms with van der Waals surface area (Å²) < 4.78 is 10.9. The van der Waals surface area contributed by atoms with Gasteiger partial charge in [0.25, 0.3) is 5.91 Å². The summed E-state index contributed by atoms with van der Waals surface area (Å²) in [6.45, 7) is 0.299. The van der Waals surface area contributed by atoms with E-state index in [1.54, 1.807) is 17.0 Å². The zero-order chi connectivity index (χ0) is 30.9. The highest BCUT2D eigenvalue weighted by Crippen LogP contribution is 2.35.